The average Bonchev–Trinajstić information content (AvgIpc) is 3.29. The Labute approximate surface area is 152 Å². The molecule has 128 valence electrons. The summed E-state index contributed by atoms with van der Waals surface area (Å²) in [7, 11) is 0. The predicted octanol–water partition coefficient (Wildman–Crippen LogP) is 4.53. The van der Waals surface area contributed by atoms with E-state index in [1.54, 1.807) is 6.08 Å². The third-order valence-electron chi connectivity index (χ3n) is 4.26. The minimum absolute atomic E-state index is 0.108. The van der Waals surface area contributed by atoms with Crippen molar-refractivity contribution in [3.8, 4) is 11.4 Å². The van der Waals surface area contributed by atoms with Crippen molar-refractivity contribution < 1.29 is 9.53 Å². The minimum Gasteiger partial charge on any atom is -0.489 e. The number of fused-ring (bicyclic) bond motifs is 1. The van der Waals surface area contributed by atoms with Crippen LogP contribution in [0.2, 0.25) is 0 Å². The van der Waals surface area contributed by atoms with Crippen LogP contribution in [0.1, 0.15) is 11.1 Å². The lowest BCUT2D eigenvalue weighted by molar-refractivity contribution is -0.110. The summed E-state index contributed by atoms with van der Waals surface area (Å²) in [6.07, 6.45) is 7.52. The summed E-state index contributed by atoms with van der Waals surface area (Å²) in [6, 6.07) is 17.6. The molecule has 0 spiro atoms. The van der Waals surface area contributed by atoms with Crippen LogP contribution in [-0.2, 0) is 4.79 Å². The van der Waals surface area contributed by atoms with Crippen LogP contribution in [0.25, 0.3) is 17.3 Å². The van der Waals surface area contributed by atoms with Crippen molar-refractivity contribution in [2.75, 3.05) is 11.9 Å². The molecule has 0 fully saturated rings. The van der Waals surface area contributed by atoms with Crippen LogP contribution in [0.15, 0.2) is 79.6 Å². The van der Waals surface area contributed by atoms with Gasteiger partial charge >= 0.3 is 0 Å². The number of aromatic nitrogens is 1. The molecule has 0 atom stereocenters. The van der Waals surface area contributed by atoms with Crippen LogP contribution in [0.4, 0.5) is 5.69 Å². The van der Waals surface area contributed by atoms with E-state index in [1.165, 1.54) is 0 Å². The van der Waals surface area contributed by atoms with E-state index in [0.717, 1.165) is 28.3 Å². The number of para-hydroxylation sites is 1. The molecule has 0 bridgehead atoms. The third kappa shape index (κ3) is 2.93. The van der Waals surface area contributed by atoms with Crippen molar-refractivity contribution in [3.05, 3.63) is 90.8 Å². The molecule has 4 heteroatoms. The quantitative estimate of drug-likeness (QED) is 0.547. The number of nitrogens with one attached hydrogen (secondary N) is 1. The lowest BCUT2D eigenvalue weighted by Crippen LogP contribution is -2.04. The number of carbonyl (C=O) groups is 1. The Morgan fingerprint density at radius 2 is 1.88 bits per heavy atom. The Morgan fingerprint density at radius 1 is 1.08 bits per heavy atom. The molecule has 0 saturated carbocycles. The molecule has 1 N–H and O–H groups in total. The number of hydrogen-bond donors (Lipinski definition) is 1. The summed E-state index contributed by atoms with van der Waals surface area (Å²) in [5.41, 5.74) is 4.21. The zero-order valence-electron chi connectivity index (χ0n) is 14.2. The summed E-state index contributed by atoms with van der Waals surface area (Å²) in [5, 5.41) is 2.96. The highest BCUT2D eigenvalue weighted by Crippen LogP contribution is 2.35. The molecule has 1 amide bonds. The number of rotatable bonds is 5. The van der Waals surface area contributed by atoms with Gasteiger partial charge in [0.05, 0.1) is 5.69 Å². The van der Waals surface area contributed by atoms with Crippen LogP contribution in [0.3, 0.4) is 0 Å². The second-order valence-corrected chi connectivity index (χ2v) is 5.97. The fourth-order valence-electron chi connectivity index (χ4n) is 3.03. The molecule has 4 rings (SSSR count). The van der Waals surface area contributed by atoms with Crippen LogP contribution < -0.4 is 10.1 Å². The largest absolute Gasteiger partial charge is 0.489 e. The summed E-state index contributed by atoms with van der Waals surface area (Å²) >= 11 is 0. The van der Waals surface area contributed by atoms with Crippen molar-refractivity contribution in [2.45, 2.75) is 0 Å². The molecule has 0 unspecified atom stereocenters. The van der Waals surface area contributed by atoms with E-state index in [2.05, 4.69) is 11.9 Å². The fourth-order valence-corrected chi connectivity index (χ4v) is 3.03. The highest BCUT2D eigenvalue weighted by atomic mass is 16.5. The molecular weight excluding hydrogens is 324 g/mol. The first-order valence-corrected chi connectivity index (χ1v) is 8.40. The Morgan fingerprint density at radius 3 is 2.69 bits per heavy atom. The first kappa shape index (κ1) is 16.0. The zero-order chi connectivity index (χ0) is 17.9. The first-order chi connectivity index (χ1) is 12.8. The van der Waals surface area contributed by atoms with Crippen LogP contribution in [0.5, 0.6) is 5.75 Å². The number of amides is 1. The summed E-state index contributed by atoms with van der Waals surface area (Å²) in [4.78, 5) is 12.5. The highest BCUT2D eigenvalue weighted by Gasteiger charge is 2.24. The number of benzene rings is 2. The van der Waals surface area contributed by atoms with Crippen molar-refractivity contribution in [2.24, 2.45) is 0 Å². The molecule has 1 aromatic heterocycles. The second kappa shape index (κ2) is 6.76. The Kier molecular flexibility index (Phi) is 4.15. The topological polar surface area (TPSA) is 43.3 Å². The number of nitrogens with zero attached hydrogens (tertiary/aromatic N) is 1. The van der Waals surface area contributed by atoms with Gasteiger partial charge in [0.1, 0.15) is 12.4 Å². The lowest BCUT2D eigenvalue weighted by atomic mass is 10.0. The summed E-state index contributed by atoms with van der Waals surface area (Å²) in [5.74, 6) is 0.619. The van der Waals surface area contributed by atoms with Gasteiger partial charge < -0.3 is 14.6 Å². The van der Waals surface area contributed by atoms with E-state index in [1.807, 2.05) is 77.6 Å². The highest BCUT2D eigenvalue weighted by molar-refractivity contribution is 6.35. The monoisotopic (exact) mass is 342 g/mol. The second-order valence-electron chi connectivity index (χ2n) is 5.97. The third-order valence-corrected chi connectivity index (χ3v) is 4.26. The van der Waals surface area contributed by atoms with E-state index >= 15 is 0 Å². The Balaban J connectivity index is 1.73. The molecule has 26 heavy (non-hydrogen) atoms. The number of anilines is 1. The van der Waals surface area contributed by atoms with Gasteiger partial charge in [0.25, 0.3) is 5.91 Å². The molecule has 2 aromatic carbocycles. The molecule has 1 aliphatic rings. The maximum absolute atomic E-state index is 12.5. The molecule has 4 nitrogen and oxygen atoms in total. The smallest absolute Gasteiger partial charge is 0.256 e. The fraction of sp³-hybridized carbons (Fsp3) is 0.0455. The molecule has 3 aromatic rings. The van der Waals surface area contributed by atoms with Gasteiger partial charge in [-0.1, -0.05) is 36.9 Å². The normalized spacial score (nSPS) is 14.2. The standard InChI is InChI=1S/C22H18N2O2/c1-2-13-26-21-8-4-3-7-16(21)14-19-18-10-9-17(24-11-5-6-12-24)15-20(18)23-22(19)25/h2-12,14-15H,1,13H2,(H,23,25)/b19-14+. The van der Waals surface area contributed by atoms with E-state index in [-0.39, 0.29) is 5.91 Å². The molecule has 0 radical (unpaired) electrons. The zero-order valence-corrected chi connectivity index (χ0v) is 14.2. The molecule has 1 aliphatic heterocycles. The average molecular weight is 342 g/mol. The van der Waals surface area contributed by atoms with Crippen LogP contribution >= 0.6 is 0 Å². The van der Waals surface area contributed by atoms with Crippen molar-refractivity contribution in [3.63, 3.8) is 0 Å². The van der Waals surface area contributed by atoms with Crippen molar-refractivity contribution in [1.29, 1.82) is 0 Å². The van der Waals surface area contributed by atoms with Crippen molar-refractivity contribution >= 4 is 23.2 Å². The maximum Gasteiger partial charge on any atom is 0.256 e. The SMILES string of the molecule is C=CCOc1ccccc1/C=C1/C(=O)Nc2cc(-n3cccc3)ccc21. The van der Waals surface area contributed by atoms with E-state index in [9.17, 15) is 4.79 Å². The molecule has 2 heterocycles. The molecular formula is C22H18N2O2. The van der Waals surface area contributed by atoms with Gasteiger partial charge in [0.2, 0.25) is 0 Å². The van der Waals surface area contributed by atoms with Crippen molar-refractivity contribution in [1.82, 2.24) is 4.57 Å². The number of carbonyl (C=O) groups excluding carboxylic acids is 1. The summed E-state index contributed by atoms with van der Waals surface area (Å²) < 4.78 is 7.70. The Bertz CT molecular complexity index is 1000. The van der Waals surface area contributed by atoms with Gasteiger partial charge in [0.15, 0.2) is 0 Å². The maximum atomic E-state index is 12.5. The van der Waals surface area contributed by atoms with Gasteiger partial charge in [0, 0.05) is 34.8 Å². The first-order valence-electron chi connectivity index (χ1n) is 8.40. The van der Waals surface area contributed by atoms with E-state index in [0.29, 0.717) is 12.2 Å². The van der Waals surface area contributed by atoms with E-state index < -0.39 is 0 Å². The van der Waals surface area contributed by atoms with Gasteiger partial charge in [-0.15, -0.1) is 0 Å². The van der Waals surface area contributed by atoms with E-state index in [4.69, 9.17) is 4.74 Å². The van der Waals surface area contributed by atoms with Crippen LogP contribution in [-0.4, -0.2) is 17.1 Å². The minimum atomic E-state index is -0.108. The molecule has 0 saturated heterocycles. The van der Waals surface area contributed by atoms with Gasteiger partial charge in [-0.2, -0.15) is 0 Å². The Hall–Kier alpha value is -3.53. The molecule has 0 aliphatic carbocycles. The van der Waals surface area contributed by atoms with Gasteiger partial charge in [-0.3, -0.25) is 4.79 Å². The van der Waals surface area contributed by atoms with Gasteiger partial charge in [-0.25, -0.2) is 0 Å². The van der Waals surface area contributed by atoms with Gasteiger partial charge in [-0.05, 0) is 36.4 Å². The number of hydrogen-bond acceptors (Lipinski definition) is 2. The van der Waals surface area contributed by atoms with Crippen LogP contribution in [0, 0.1) is 0 Å². The lowest BCUT2D eigenvalue weighted by Gasteiger charge is -2.08. The summed E-state index contributed by atoms with van der Waals surface area (Å²) in [6.45, 7) is 4.09. The number of ether oxygens (including phenoxy) is 1. The predicted molar refractivity (Wildman–Crippen MR) is 104 cm³/mol.